The van der Waals surface area contributed by atoms with E-state index in [0.29, 0.717) is 11.4 Å². The van der Waals surface area contributed by atoms with Gasteiger partial charge in [-0.3, -0.25) is 34.0 Å². The fourth-order valence-corrected chi connectivity index (χ4v) is 2.26. The number of aliphatic carboxylic acids is 4. The maximum absolute atomic E-state index is 10.8. The van der Waals surface area contributed by atoms with Gasteiger partial charge in [0.05, 0.1) is 37.6 Å². The van der Waals surface area contributed by atoms with E-state index >= 15 is 0 Å². The van der Waals surface area contributed by atoms with Gasteiger partial charge in [-0.15, -0.1) is 0 Å². The van der Waals surface area contributed by atoms with E-state index in [2.05, 4.69) is 4.98 Å². The van der Waals surface area contributed by atoms with Crippen molar-refractivity contribution in [3.63, 3.8) is 0 Å². The fourth-order valence-electron chi connectivity index (χ4n) is 2.26. The van der Waals surface area contributed by atoms with Crippen molar-refractivity contribution in [2.75, 3.05) is 26.2 Å². The molecule has 0 aliphatic rings. The maximum Gasteiger partial charge on any atom is 1.00 e. The number of carboxylic acid groups (broad SMARTS) is 4. The van der Waals surface area contributed by atoms with Crippen LogP contribution in [-0.2, 0) is 51.7 Å². The van der Waals surface area contributed by atoms with Crippen LogP contribution < -0.4 is 0 Å². The van der Waals surface area contributed by atoms with Crippen molar-refractivity contribution < 1.29 is 59.1 Å². The van der Waals surface area contributed by atoms with Crippen molar-refractivity contribution in [3.8, 4) is 0 Å². The van der Waals surface area contributed by atoms with Gasteiger partial charge in [0.25, 0.3) is 0 Å². The van der Waals surface area contributed by atoms with E-state index in [9.17, 15) is 19.2 Å². The first-order chi connectivity index (χ1) is 13.2. The first-order valence-electron chi connectivity index (χ1n) is 7.60. The number of aromatic nitrogens is 1. The zero-order chi connectivity index (χ0) is 21.7. The van der Waals surface area contributed by atoms with Gasteiger partial charge < -0.3 is 30.9 Å². The molecule has 4 N–H and O–H groups in total. The number of carboxylic acids is 4. The summed E-state index contributed by atoms with van der Waals surface area (Å²) in [6.07, 6.45) is 0. The van der Waals surface area contributed by atoms with Crippen molar-refractivity contribution >= 4 is 23.9 Å². The van der Waals surface area contributed by atoms with Gasteiger partial charge in [-0.05, 0) is 12.1 Å². The number of nitroso groups, excluding NO2 is 1. The van der Waals surface area contributed by atoms with E-state index in [-0.39, 0.29) is 32.6 Å². The van der Waals surface area contributed by atoms with Gasteiger partial charge in [-0.25, -0.2) is 0 Å². The van der Waals surface area contributed by atoms with Gasteiger partial charge in [0.15, 0.2) is 0 Å². The van der Waals surface area contributed by atoms with Crippen LogP contribution >= 0.6 is 0 Å². The molecule has 0 aliphatic heterocycles. The van der Waals surface area contributed by atoms with Crippen LogP contribution in [0.3, 0.4) is 0 Å². The molecule has 0 aromatic carbocycles. The molecule has 0 bridgehead atoms. The molecule has 0 fully saturated rings. The molecule has 1 aromatic heterocycles. The predicted molar refractivity (Wildman–Crippen MR) is 92.1 cm³/mol. The molecule has 0 saturated heterocycles. The van der Waals surface area contributed by atoms with Crippen LogP contribution in [0, 0.1) is 4.91 Å². The molecule has 1 radical (unpaired) electrons. The summed E-state index contributed by atoms with van der Waals surface area (Å²) in [5, 5.41) is 35.4. The topological polar surface area (TPSA) is 208 Å². The molecule has 0 amide bonds. The van der Waals surface area contributed by atoms with Crippen LogP contribution in [-0.4, -0.2) is 85.3 Å². The van der Waals surface area contributed by atoms with Gasteiger partial charge in [0.1, 0.15) is 0 Å². The van der Waals surface area contributed by atoms with E-state index in [4.69, 9.17) is 30.9 Å². The molecule has 14 heteroatoms. The zero-order valence-electron chi connectivity index (χ0n) is 14.9. The minimum Gasteiger partial charge on any atom is -0.577 e. The third-order valence-corrected chi connectivity index (χ3v) is 3.07. The van der Waals surface area contributed by atoms with Crippen LogP contribution in [0.2, 0.25) is 0 Å². The largest absolute Gasteiger partial charge is 1.00 e. The zero-order valence-corrected chi connectivity index (χ0v) is 16.7. The smallest absolute Gasteiger partial charge is 0.577 e. The Kier molecular flexibility index (Phi) is 14.8. The molecule has 1 rings (SSSR count). The Morgan fingerprint density at radius 1 is 0.724 bits per heavy atom. The monoisotopic (exact) mass is 501 g/mol. The Labute approximate surface area is 177 Å². The fraction of sp³-hybridized carbons (Fsp3) is 0.400. The molecule has 1 heterocycles. The van der Waals surface area contributed by atoms with Crippen LogP contribution in [0.4, 0.5) is 0 Å². The van der Waals surface area contributed by atoms with Gasteiger partial charge in [-0.1, -0.05) is 6.07 Å². The average Bonchev–Trinajstić information content (AvgIpc) is 2.54. The predicted octanol–water partition coefficient (Wildman–Crippen LogP) is -0.656. The summed E-state index contributed by atoms with van der Waals surface area (Å²) in [5.74, 6) is -4.74. The maximum atomic E-state index is 10.8. The Balaban J connectivity index is 0. The Morgan fingerprint density at radius 2 is 1.00 bits per heavy atom. The third kappa shape index (κ3) is 13.9. The summed E-state index contributed by atoms with van der Waals surface area (Å²) < 4.78 is 0. The average molecular weight is 500 g/mol. The van der Waals surface area contributed by atoms with E-state index in [1.54, 1.807) is 18.2 Å². The molecule has 0 atom stereocenters. The number of hydrogen-bond acceptors (Lipinski definition) is 8. The minimum atomic E-state index is -1.18. The Morgan fingerprint density at radius 3 is 1.24 bits per heavy atom. The van der Waals surface area contributed by atoms with Gasteiger partial charge in [0.2, 0.25) is 0 Å². The number of pyridine rings is 1. The number of carbonyl (C=O) groups is 4. The van der Waals surface area contributed by atoms with E-state index in [1.807, 2.05) is 0 Å². The van der Waals surface area contributed by atoms with Crippen molar-refractivity contribution in [1.82, 2.24) is 14.8 Å². The van der Waals surface area contributed by atoms with Gasteiger partial charge in [-0.2, -0.15) is 0 Å². The summed E-state index contributed by atoms with van der Waals surface area (Å²) in [7, 11) is 0. The Bertz CT molecular complexity index is 619. The quantitative estimate of drug-likeness (QED) is 0.264. The van der Waals surface area contributed by atoms with E-state index in [0.717, 1.165) is 0 Å². The molecule has 0 aliphatic carbocycles. The molecule has 161 valence electrons. The second kappa shape index (κ2) is 15.1. The van der Waals surface area contributed by atoms with Crippen molar-refractivity contribution in [3.05, 3.63) is 40.1 Å². The van der Waals surface area contributed by atoms with E-state index in [1.165, 1.54) is 9.80 Å². The van der Waals surface area contributed by atoms with Crippen LogP contribution in [0.1, 0.15) is 11.4 Å². The Hall–Kier alpha value is -2.83. The molecule has 13 nitrogen and oxygen atoms in total. The second-order valence-corrected chi connectivity index (χ2v) is 5.49. The van der Waals surface area contributed by atoms with Crippen molar-refractivity contribution in [2.45, 2.75) is 13.1 Å². The standard InChI is InChI=1S/C15H19N3O8.NO.Ru/c19-12(20)6-17(7-13(21)22)4-10-2-1-3-11(16-10)5-18(8-14(23)24)9-15(25)26;1-2;/h1-3H,4-9H2,(H,19,20)(H,21,22)(H,23,24)(H,25,26);;/q;-1;+1. The summed E-state index contributed by atoms with van der Waals surface area (Å²) in [4.78, 5) is 57.1. The molecule has 1 aromatic rings. The molecule has 0 saturated carbocycles. The first kappa shape index (κ1) is 28.4. The summed E-state index contributed by atoms with van der Waals surface area (Å²) in [6, 6.07) is 4.73. The first-order valence-corrected chi connectivity index (χ1v) is 7.60. The van der Waals surface area contributed by atoms with Crippen LogP contribution in [0.15, 0.2) is 18.2 Å². The summed E-state index contributed by atoms with van der Waals surface area (Å²) in [6.45, 7) is -2.01. The minimum absolute atomic E-state index is 0. The number of rotatable bonds is 12. The van der Waals surface area contributed by atoms with Gasteiger partial charge in [0, 0.05) is 13.1 Å². The summed E-state index contributed by atoms with van der Waals surface area (Å²) in [5.41, 5.74) is 6.52. The molecular formula is C15H19N4O9Ru. The second-order valence-electron chi connectivity index (χ2n) is 5.49. The van der Waals surface area contributed by atoms with Crippen LogP contribution in [0.25, 0.3) is 5.59 Å². The molecular weight excluding hydrogens is 481 g/mol. The van der Waals surface area contributed by atoms with Crippen LogP contribution in [0.5, 0.6) is 0 Å². The van der Waals surface area contributed by atoms with Crippen molar-refractivity contribution in [2.24, 2.45) is 0 Å². The summed E-state index contributed by atoms with van der Waals surface area (Å²) >= 11 is 0. The number of hydrogen-bond donors (Lipinski definition) is 4. The molecule has 0 spiro atoms. The van der Waals surface area contributed by atoms with E-state index < -0.39 is 50.1 Å². The van der Waals surface area contributed by atoms with Crippen molar-refractivity contribution in [1.29, 1.82) is 0 Å². The third-order valence-electron chi connectivity index (χ3n) is 3.07. The molecule has 0 unspecified atom stereocenters. The SMILES string of the molecule is O=C(O)CN(CC(=O)O)Cc1cccc(CN(CC(=O)O)CC(=O)O)n1.[N-]=O.[Ru+]. The normalized spacial score (nSPS) is 9.86. The number of nitrogens with zero attached hydrogens (tertiary/aromatic N) is 4. The van der Waals surface area contributed by atoms with Gasteiger partial charge >= 0.3 is 43.4 Å². The molecule has 29 heavy (non-hydrogen) atoms.